The van der Waals surface area contributed by atoms with Gasteiger partial charge in [-0.1, -0.05) is 18.2 Å². The van der Waals surface area contributed by atoms with Gasteiger partial charge in [0.2, 0.25) is 5.91 Å². The highest BCUT2D eigenvalue weighted by atomic mass is 16.5. The van der Waals surface area contributed by atoms with Crippen molar-refractivity contribution < 1.29 is 23.9 Å². The Kier molecular flexibility index (Phi) is 6.48. The molecule has 0 aliphatic carbocycles. The van der Waals surface area contributed by atoms with Crippen LogP contribution in [0.3, 0.4) is 0 Å². The van der Waals surface area contributed by atoms with E-state index in [2.05, 4.69) is 10.6 Å². The predicted octanol–water partition coefficient (Wildman–Crippen LogP) is 2.49. The van der Waals surface area contributed by atoms with Crippen LogP contribution in [0.25, 0.3) is 5.57 Å². The number of nitrogens with zero attached hydrogens (tertiary/aromatic N) is 1. The molecule has 0 aromatic heterocycles. The average molecular weight is 409 g/mol. The number of hydrogen-bond acceptors (Lipinski definition) is 6. The van der Waals surface area contributed by atoms with Gasteiger partial charge in [-0.15, -0.1) is 0 Å². The number of para-hydroxylation sites is 1. The summed E-state index contributed by atoms with van der Waals surface area (Å²) in [6, 6.07) is 13.9. The predicted molar refractivity (Wildman–Crippen MR) is 113 cm³/mol. The van der Waals surface area contributed by atoms with E-state index in [0.717, 1.165) is 4.90 Å². The minimum Gasteiger partial charge on any atom is -0.496 e. The highest BCUT2D eigenvalue weighted by Crippen LogP contribution is 2.35. The summed E-state index contributed by atoms with van der Waals surface area (Å²) < 4.78 is 10.4. The standard InChI is InChI=1S/C22H23N3O5/c1-14(26)23-15-8-10-16(11-9-15)24-20-19(17-6-4-5-7-18(17)30-3)21(27)25(22(20)28)12-13-29-2/h4-11,24H,12-13H2,1-3H3,(H,23,26). The monoisotopic (exact) mass is 409 g/mol. The van der Waals surface area contributed by atoms with Crippen LogP contribution < -0.4 is 15.4 Å². The van der Waals surface area contributed by atoms with E-state index in [1.807, 2.05) is 0 Å². The number of rotatable bonds is 8. The van der Waals surface area contributed by atoms with Gasteiger partial charge < -0.3 is 20.1 Å². The topological polar surface area (TPSA) is 97.0 Å². The molecule has 0 unspecified atom stereocenters. The molecule has 0 radical (unpaired) electrons. The molecule has 0 fully saturated rings. The van der Waals surface area contributed by atoms with E-state index >= 15 is 0 Å². The number of imide groups is 1. The third kappa shape index (κ3) is 4.33. The zero-order chi connectivity index (χ0) is 21.7. The van der Waals surface area contributed by atoms with Crippen molar-refractivity contribution in [1.82, 2.24) is 4.90 Å². The van der Waals surface area contributed by atoms with Crippen LogP contribution in [0.15, 0.2) is 54.2 Å². The quantitative estimate of drug-likeness (QED) is 0.651. The van der Waals surface area contributed by atoms with Gasteiger partial charge in [0, 0.05) is 31.0 Å². The molecule has 3 rings (SSSR count). The fourth-order valence-corrected chi connectivity index (χ4v) is 3.16. The summed E-state index contributed by atoms with van der Waals surface area (Å²) in [5.41, 5.74) is 2.15. The number of ether oxygens (including phenoxy) is 2. The van der Waals surface area contributed by atoms with E-state index in [1.54, 1.807) is 48.5 Å². The number of anilines is 2. The van der Waals surface area contributed by atoms with Gasteiger partial charge in [-0.2, -0.15) is 0 Å². The molecule has 0 atom stereocenters. The van der Waals surface area contributed by atoms with Crippen LogP contribution in [0, 0.1) is 0 Å². The molecule has 0 saturated heterocycles. The van der Waals surface area contributed by atoms with Crippen LogP contribution in [0.5, 0.6) is 5.75 Å². The van der Waals surface area contributed by atoms with Gasteiger partial charge in [-0.3, -0.25) is 19.3 Å². The Hall–Kier alpha value is -3.65. The SMILES string of the molecule is COCCN1C(=O)C(Nc2ccc(NC(C)=O)cc2)=C(c2ccccc2OC)C1=O. The highest BCUT2D eigenvalue weighted by Gasteiger charge is 2.39. The van der Waals surface area contributed by atoms with Crippen molar-refractivity contribution in [2.75, 3.05) is 38.0 Å². The number of hydrogen-bond donors (Lipinski definition) is 2. The summed E-state index contributed by atoms with van der Waals surface area (Å²) >= 11 is 0. The van der Waals surface area contributed by atoms with Crippen LogP contribution >= 0.6 is 0 Å². The van der Waals surface area contributed by atoms with Gasteiger partial charge in [0.15, 0.2) is 0 Å². The lowest BCUT2D eigenvalue weighted by Crippen LogP contribution is -2.35. The maximum atomic E-state index is 13.1. The lowest BCUT2D eigenvalue weighted by molar-refractivity contribution is -0.137. The second-order valence-corrected chi connectivity index (χ2v) is 6.59. The van der Waals surface area contributed by atoms with Crippen LogP contribution in [0.2, 0.25) is 0 Å². The second-order valence-electron chi connectivity index (χ2n) is 6.59. The fraction of sp³-hybridized carbons (Fsp3) is 0.227. The van der Waals surface area contributed by atoms with E-state index in [-0.39, 0.29) is 30.3 Å². The molecule has 0 saturated carbocycles. The summed E-state index contributed by atoms with van der Waals surface area (Å²) in [7, 11) is 3.02. The molecular weight excluding hydrogens is 386 g/mol. The molecule has 8 nitrogen and oxygen atoms in total. The second kappa shape index (κ2) is 9.23. The third-order valence-electron chi connectivity index (χ3n) is 4.54. The molecule has 156 valence electrons. The summed E-state index contributed by atoms with van der Waals surface area (Å²) in [5, 5.41) is 5.75. The number of methoxy groups -OCH3 is 2. The lowest BCUT2D eigenvalue weighted by atomic mass is 10.0. The Bertz CT molecular complexity index is 998. The summed E-state index contributed by atoms with van der Waals surface area (Å²) in [5.74, 6) is -0.549. The fourth-order valence-electron chi connectivity index (χ4n) is 3.16. The van der Waals surface area contributed by atoms with Crippen molar-refractivity contribution >= 4 is 34.7 Å². The first-order chi connectivity index (χ1) is 14.5. The van der Waals surface area contributed by atoms with E-state index in [0.29, 0.717) is 22.7 Å². The Balaban J connectivity index is 2.01. The smallest absolute Gasteiger partial charge is 0.278 e. The largest absolute Gasteiger partial charge is 0.496 e. The van der Waals surface area contributed by atoms with Gasteiger partial charge in [0.1, 0.15) is 11.4 Å². The number of carbonyl (C=O) groups is 3. The molecule has 8 heteroatoms. The molecule has 0 spiro atoms. The van der Waals surface area contributed by atoms with E-state index in [4.69, 9.17) is 9.47 Å². The number of carbonyl (C=O) groups excluding carboxylic acids is 3. The van der Waals surface area contributed by atoms with Crippen molar-refractivity contribution in [3.05, 3.63) is 59.8 Å². The molecule has 0 bridgehead atoms. The van der Waals surface area contributed by atoms with Gasteiger partial charge >= 0.3 is 0 Å². The normalized spacial score (nSPS) is 13.6. The Morgan fingerprint density at radius 1 is 0.967 bits per heavy atom. The maximum Gasteiger partial charge on any atom is 0.278 e. The molecule has 2 aromatic carbocycles. The number of nitrogens with one attached hydrogen (secondary N) is 2. The minimum absolute atomic E-state index is 0.138. The Labute approximate surface area is 174 Å². The summed E-state index contributed by atoms with van der Waals surface area (Å²) in [4.78, 5) is 38.5. The lowest BCUT2D eigenvalue weighted by Gasteiger charge is -2.14. The third-order valence-corrected chi connectivity index (χ3v) is 4.54. The van der Waals surface area contributed by atoms with E-state index < -0.39 is 11.8 Å². The summed E-state index contributed by atoms with van der Waals surface area (Å²) in [6.45, 7) is 1.79. The molecule has 3 amide bonds. The van der Waals surface area contributed by atoms with Crippen molar-refractivity contribution in [2.45, 2.75) is 6.92 Å². The van der Waals surface area contributed by atoms with Gasteiger partial charge in [-0.05, 0) is 30.3 Å². The zero-order valence-corrected chi connectivity index (χ0v) is 17.0. The Morgan fingerprint density at radius 2 is 1.63 bits per heavy atom. The molecule has 1 aliphatic heterocycles. The van der Waals surface area contributed by atoms with Crippen molar-refractivity contribution in [2.24, 2.45) is 0 Å². The molecule has 2 aromatic rings. The summed E-state index contributed by atoms with van der Waals surface area (Å²) in [6.07, 6.45) is 0. The van der Waals surface area contributed by atoms with Gasteiger partial charge in [-0.25, -0.2) is 0 Å². The molecule has 2 N–H and O–H groups in total. The van der Waals surface area contributed by atoms with Crippen LogP contribution in [-0.2, 0) is 19.1 Å². The maximum absolute atomic E-state index is 13.1. The molecule has 1 aliphatic rings. The minimum atomic E-state index is -0.441. The molecule has 30 heavy (non-hydrogen) atoms. The first-order valence-corrected chi connectivity index (χ1v) is 9.33. The average Bonchev–Trinajstić information content (AvgIpc) is 2.96. The number of amides is 3. The van der Waals surface area contributed by atoms with Crippen LogP contribution in [-0.4, -0.2) is 50.0 Å². The zero-order valence-electron chi connectivity index (χ0n) is 17.0. The van der Waals surface area contributed by atoms with Crippen molar-refractivity contribution in [1.29, 1.82) is 0 Å². The Morgan fingerprint density at radius 3 is 2.27 bits per heavy atom. The first-order valence-electron chi connectivity index (χ1n) is 9.33. The van der Waals surface area contributed by atoms with Gasteiger partial charge in [0.25, 0.3) is 11.8 Å². The first kappa shape index (κ1) is 21.1. The molecule has 1 heterocycles. The van der Waals surface area contributed by atoms with Crippen molar-refractivity contribution in [3.8, 4) is 5.75 Å². The van der Waals surface area contributed by atoms with Crippen LogP contribution in [0.4, 0.5) is 11.4 Å². The molecular formula is C22H23N3O5. The van der Waals surface area contributed by atoms with Crippen molar-refractivity contribution in [3.63, 3.8) is 0 Å². The van der Waals surface area contributed by atoms with Crippen LogP contribution in [0.1, 0.15) is 12.5 Å². The number of benzene rings is 2. The van der Waals surface area contributed by atoms with E-state index in [9.17, 15) is 14.4 Å². The van der Waals surface area contributed by atoms with Gasteiger partial charge in [0.05, 0.1) is 25.8 Å². The van der Waals surface area contributed by atoms with E-state index in [1.165, 1.54) is 21.1 Å². The highest BCUT2D eigenvalue weighted by molar-refractivity contribution is 6.37.